The summed E-state index contributed by atoms with van der Waals surface area (Å²) in [5.74, 6) is -0.269. The van der Waals surface area contributed by atoms with Gasteiger partial charge in [-0.1, -0.05) is 6.07 Å². The molecule has 3 aromatic rings. The van der Waals surface area contributed by atoms with Crippen molar-refractivity contribution in [3.63, 3.8) is 0 Å². The van der Waals surface area contributed by atoms with Crippen molar-refractivity contribution in [3.8, 4) is 0 Å². The number of esters is 1. The Morgan fingerprint density at radius 3 is 3.04 bits per heavy atom. The highest BCUT2D eigenvalue weighted by Crippen LogP contribution is 2.21. The van der Waals surface area contributed by atoms with Gasteiger partial charge < -0.3 is 9.30 Å². The van der Waals surface area contributed by atoms with Crippen LogP contribution in [0.15, 0.2) is 40.9 Å². The highest BCUT2D eigenvalue weighted by atomic mass is 32.1. The topological polar surface area (TPSA) is 68.5 Å². The minimum Gasteiger partial charge on any atom is -0.466 e. The van der Waals surface area contributed by atoms with Crippen molar-refractivity contribution in [1.29, 1.82) is 0 Å². The van der Waals surface area contributed by atoms with Crippen LogP contribution in [0.25, 0.3) is 10.9 Å². The number of hydrazone groups is 1. The third kappa shape index (κ3) is 4.29. The van der Waals surface area contributed by atoms with Crippen LogP contribution >= 0.6 is 11.3 Å². The summed E-state index contributed by atoms with van der Waals surface area (Å²) in [5, 5.41) is 7.90. The van der Waals surface area contributed by atoms with Gasteiger partial charge in [0.05, 0.1) is 24.9 Å². The predicted molar refractivity (Wildman–Crippen MR) is 106 cm³/mol. The SMILES string of the molecule is CCOC(=O)Cc1csc(NN=Cc2ccc3c(ccn3C(C)C)c2)n1. The maximum atomic E-state index is 11.5. The van der Waals surface area contributed by atoms with Crippen LogP contribution in [0.4, 0.5) is 5.13 Å². The smallest absolute Gasteiger partial charge is 0.311 e. The molecule has 136 valence electrons. The first kappa shape index (κ1) is 18.1. The Bertz CT molecular complexity index is 927. The molecular weight excluding hydrogens is 348 g/mol. The van der Waals surface area contributed by atoms with Crippen LogP contribution in [0, 0.1) is 0 Å². The van der Waals surface area contributed by atoms with Gasteiger partial charge >= 0.3 is 5.97 Å². The Morgan fingerprint density at radius 2 is 2.27 bits per heavy atom. The summed E-state index contributed by atoms with van der Waals surface area (Å²) >= 11 is 1.41. The number of carbonyl (C=O) groups is 1. The number of hydrogen-bond acceptors (Lipinski definition) is 6. The lowest BCUT2D eigenvalue weighted by Crippen LogP contribution is -2.07. The second-order valence-corrected chi connectivity index (χ2v) is 6.99. The van der Waals surface area contributed by atoms with Crippen LogP contribution in [0.2, 0.25) is 0 Å². The van der Waals surface area contributed by atoms with Gasteiger partial charge in [-0.15, -0.1) is 11.3 Å². The summed E-state index contributed by atoms with van der Waals surface area (Å²) < 4.78 is 7.16. The molecule has 0 fully saturated rings. The van der Waals surface area contributed by atoms with Crippen LogP contribution in [-0.4, -0.2) is 28.3 Å². The molecule has 0 aliphatic rings. The molecule has 1 aromatic carbocycles. The molecule has 2 heterocycles. The Morgan fingerprint density at radius 1 is 1.42 bits per heavy atom. The van der Waals surface area contributed by atoms with E-state index in [1.807, 2.05) is 11.4 Å². The standard InChI is InChI=1S/C19H22N4O2S/c1-4-25-18(24)10-16-12-26-19(21-16)22-20-11-14-5-6-17-15(9-14)7-8-23(17)13(2)3/h5-9,11-13H,4,10H2,1-3H3,(H,21,22). The van der Waals surface area contributed by atoms with E-state index in [0.717, 1.165) is 5.56 Å². The number of fused-ring (bicyclic) bond motifs is 1. The maximum Gasteiger partial charge on any atom is 0.311 e. The second kappa shape index (κ2) is 8.14. The van der Waals surface area contributed by atoms with E-state index in [2.05, 4.69) is 58.3 Å². The summed E-state index contributed by atoms with van der Waals surface area (Å²) in [6.07, 6.45) is 4.05. The molecule has 6 nitrogen and oxygen atoms in total. The highest BCUT2D eigenvalue weighted by molar-refractivity contribution is 7.13. The van der Waals surface area contributed by atoms with Gasteiger partial charge in [-0.3, -0.25) is 10.2 Å². The first-order chi connectivity index (χ1) is 12.6. The van der Waals surface area contributed by atoms with E-state index in [9.17, 15) is 4.79 Å². The van der Waals surface area contributed by atoms with E-state index in [0.29, 0.717) is 23.5 Å². The van der Waals surface area contributed by atoms with E-state index >= 15 is 0 Å². The fraction of sp³-hybridized carbons (Fsp3) is 0.316. The lowest BCUT2D eigenvalue weighted by molar-refractivity contribution is -0.142. The van der Waals surface area contributed by atoms with Gasteiger partial charge in [0, 0.05) is 28.5 Å². The quantitative estimate of drug-likeness (QED) is 0.384. The molecule has 0 bridgehead atoms. The molecule has 0 atom stereocenters. The molecule has 1 N–H and O–H groups in total. The second-order valence-electron chi connectivity index (χ2n) is 6.13. The fourth-order valence-corrected chi connectivity index (χ4v) is 3.33. The summed E-state index contributed by atoms with van der Waals surface area (Å²) in [7, 11) is 0. The van der Waals surface area contributed by atoms with Crippen molar-refractivity contribution in [1.82, 2.24) is 9.55 Å². The first-order valence-electron chi connectivity index (χ1n) is 8.56. The van der Waals surface area contributed by atoms with Crippen LogP contribution in [0.3, 0.4) is 0 Å². The summed E-state index contributed by atoms with van der Waals surface area (Å²) in [5.41, 5.74) is 5.82. The Hall–Kier alpha value is -2.67. The number of aromatic nitrogens is 2. The van der Waals surface area contributed by atoms with Crippen LogP contribution in [0.5, 0.6) is 0 Å². The molecule has 26 heavy (non-hydrogen) atoms. The van der Waals surface area contributed by atoms with Gasteiger partial charge in [-0.25, -0.2) is 4.98 Å². The zero-order chi connectivity index (χ0) is 18.5. The maximum absolute atomic E-state index is 11.5. The van der Waals surface area contributed by atoms with Crippen LogP contribution in [-0.2, 0) is 16.0 Å². The number of anilines is 1. The third-order valence-electron chi connectivity index (χ3n) is 3.86. The summed E-state index contributed by atoms with van der Waals surface area (Å²) in [4.78, 5) is 15.8. The average Bonchev–Trinajstić information content (AvgIpc) is 3.21. The molecule has 0 spiro atoms. The Kier molecular flexibility index (Phi) is 5.68. The van der Waals surface area contributed by atoms with Crippen molar-refractivity contribution >= 4 is 39.6 Å². The normalized spacial score (nSPS) is 11.5. The van der Waals surface area contributed by atoms with E-state index in [-0.39, 0.29) is 12.4 Å². The van der Waals surface area contributed by atoms with Crippen LogP contribution < -0.4 is 5.43 Å². The van der Waals surface area contributed by atoms with Crippen molar-refractivity contribution in [2.45, 2.75) is 33.2 Å². The average molecular weight is 370 g/mol. The fourth-order valence-electron chi connectivity index (χ4n) is 2.67. The zero-order valence-electron chi connectivity index (χ0n) is 15.1. The number of ether oxygens (including phenoxy) is 1. The monoisotopic (exact) mass is 370 g/mol. The largest absolute Gasteiger partial charge is 0.466 e. The number of benzene rings is 1. The minimum atomic E-state index is -0.269. The van der Waals surface area contributed by atoms with Crippen LogP contribution in [0.1, 0.15) is 38.1 Å². The molecule has 0 aliphatic carbocycles. The molecule has 0 unspecified atom stereocenters. The van der Waals surface area contributed by atoms with E-state index < -0.39 is 0 Å². The van der Waals surface area contributed by atoms with E-state index in [4.69, 9.17) is 4.74 Å². The summed E-state index contributed by atoms with van der Waals surface area (Å²) in [6.45, 7) is 6.50. The molecule has 7 heteroatoms. The van der Waals surface area contributed by atoms with Gasteiger partial charge in [0.15, 0.2) is 0 Å². The van der Waals surface area contributed by atoms with Gasteiger partial charge in [-0.2, -0.15) is 5.10 Å². The number of nitrogens with zero attached hydrogens (tertiary/aromatic N) is 3. The van der Waals surface area contributed by atoms with Gasteiger partial charge in [0.1, 0.15) is 0 Å². The predicted octanol–water partition coefficient (Wildman–Crippen LogP) is 4.23. The number of rotatable bonds is 7. The molecule has 3 rings (SSSR count). The van der Waals surface area contributed by atoms with Crippen molar-refractivity contribution in [2.24, 2.45) is 5.10 Å². The van der Waals surface area contributed by atoms with Gasteiger partial charge in [0.2, 0.25) is 5.13 Å². The lowest BCUT2D eigenvalue weighted by atomic mass is 10.2. The number of nitrogens with one attached hydrogen (secondary N) is 1. The Balaban J connectivity index is 1.63. The Labute approximate surface area is 156 Å². The minimum absolute atomic E-state index is 0.180. The van der Waals surface area contributed by atoms with Crippen molar-refractivity contribution < 1.29 is 9.53 Å². The first-order valence-corrected chi connectivity index (χ1v) is 9.44. The molecule has 0 radical (unpaired) electrons. The molecule has 2 aromatic heterocycles. The summed E-state index contributed by atoms with van der Waals surface area (Å²) in [6, 6.07) is 8.80. The lowest BCUT2D eigenvalue weighted by Gasteiger charge is -2.08. The molecular formula is C19H22N4O2S. The zero-order valence-corrected chi connectivity index (χ0v) is 15.9. The number of carbonyl (C=O) groups excluding carboxylic acids is 1. The van der Waals surface area contributed by atoms with Gasteiger partial charge in [0.25, 0.3) is 0 Å². The molecule has 0 saturated heterocycles. The van der Waals surface area contributed by atoms with E-state index in [1.165, 1.54) is 22.2 Å². The van der Waals surface area contributed by atoms with Crippen molar-refractivity contribution in [3.05, 3.63) is 47.1 Å². The third-order valence-corrected chi connectivity index (χ3v) is 4.65. The van der Waals surface area contributed by atoms with E-state index in [1.54, 1.807) is 13.1 Å². The van der Waals surface area contributed by atoms with Gasteiger partial charge in [-0.05, 0) is 44.5 Å². The molecule has 0 saturated carbocycles. The highest BCUT2D eigenvalue weighted by Gasteiger charge is 2.08. The number of thiazole rings is 1. The van der Waals surface area contributed by atoms with Crippen molar-refractivity contribution in [2.75, 3.05) is 12.0 Å². The molecule has 0 aliphatic heterocycles. The molecule has 0 amide bonds. The number of hydrogen-bond donors (Lipinski definition) is 1.